The standard InChI is InChI=1S/C15H20N2O3S/c16-10-8-12-13(20-6-3-5-19-12)9-11(10)17-15(18)14-4-1-2-7-21-14/h8-9,14H,1-7,16H2,(H,17,18). The van der Waals surface area contributed by atoms with Crippen molar-refractivity contribution < 1.29 is 14.3 Å². The van der Waals surface area contributed by atoms with Crippen molar-refractivity contribution in [2.75, 3.05) is 30.0 Å². The lowest BCUT2D eigenvalue weighted by Crippen LogP contribution is -2.27. The fourth-order valence-electron chi connectivity index (χ4n) is 2.49. The molecule has 1 atom stereocenters. The second-order valence-corrected chi connectivity index (χ2v) is 6.59. The van der Waals surface area contributed by atoms with E-state index < -0.39 is 0 Å². The van der Waals surface area contributed by atoms with Crippen LogP contribution in [0.3, 0.4) is 0 Å². The van der Waals surface area contributed by atoms with Gasteiger partial charge in [-0.2, -0.15) is 0 Å². The third-order valence-corrected chi connectivity index (χ3v) is 5.03. The van der Waals surface area contributed by atoms with Crippen LogP contribution in [0, 0.1) is 0 Å². The quantitative estimate of drug-likeness (QED) is 0.822. The summed E-state index contributed by atoms with van der Waals surface area (Å²) in [4.78, 5) is 12.3. The SMILES string of the molecule is Nc1cc2c(cc1NC(=O)C1CCCCS1)OCCCO2. The fourth-order valence-corrected chi connectivity index (χ4v) is 3.69. The van der Waals surface area contributed by atoms with Gasteiger partial charge in [0.2, 0.25) is 5.91 Å². The number of hydrogen-bond acceptors (Lipinski definition) is 5. The van der Waals surface area contributed by atoms with Crippen LogP contribution >= 0.6 is 11.8 Å². The highest BCUT2D eigenvalue weighted by molar-refractivity contribution is 8.00. The molecule has 2 aliphatic rings. The van der Waals surface area contributed by atoms with Crippen LogP contribution in [-0.2, 0) is 4.79 Å². The van der Waals surface area contributed by atoms with Gasteiger partial charge in [-0.05, 0) is 18.6 Å². The predicted molar refractivity (Wildman–Crippen MR) is 85.2 cm³/mol. The Morgan fingerprint density at radius 1 is 1.19 bits per heavy atom. The Bertz CT molecular complexity index is 530. The predicted octanol–water partition coefficient (Wildman–Crippen LogP) is 2.65. The summed E-state index contributed by atoms with van der Waals surface area (Å²) in [5, 5.41) is 2.95. The van der Waals surface area contributed by atoms with E-state index in [0.717, 1.165) is 25.0 Å². The molecular weight excluding hydrogens is 288 g/mol. The first-order chi connectivity index (χ1) is 10.2. The van der Waals surface area contributed by atoms with Gasteiger partial charge in [0.25, 0.3) is 0 Å². The van der Waals surface area contributed by atoms with E-state index >= 15 is 0 Å². The molecule has 0 aromatic heterocycles. The summed E-state index contributed by atoms with van der Waals surface area (Å²) < 4.78 is 11.2. The van der Waals surface area contributed by atoms with Gasteiger partial charge < -0.3 is 20.5 Å². The van der Waals surface area contributed by atoms with E-state index in [1.54, 1.807) is 23.9 Å². The van der Waals surface area contributed by atoms with Crippen LogP contribution < -0.4 is 20.5 Å². The molecule has 0 aliphatic carbocycles. The van der Waals surface area contributed by atoms with Crippen molar-refractivity contribution >= 4 is 29.0 Å². The van der Waals surface area contributed by atoms with E-state index in [9.17, 15) is 4.79 Å². The molecule has 0 radical (unpaired) electrons. The highest BCUT2D eigenvalue weighted by Gasteiger charge is 2.23. The molecule has 0 bridgehead atoms. The number of thioether (sulfide) groups is 1. The highest BCUT2D eigenvalue weighted by atomic mass is 32.2. The molecule has 0 saturated carbocycles. The number of anilines is 2. The molecule has 0 spiro atoms. The molecule has 1 amide bonds. The van der Waals surface area contributed by atoms with E-state index in [4.69, 9.17) is 15.2 Å². The summed E-state index contributed by atoms with van der Waals surface area (Å²) in [5.41, 5.74) is 7.13. The molecule has 1 unspecified atom stereocenters. The third-order valence-electron chi connectivity index (χ3n) is 3.65. The van der Waals surface area contributed by atoms with Gasteiger partial charge in [0, 0.05) is 18.6 Å². The van der Waals surface area contributed by atoms with E-state index in [1.807, 2.05) is 0 Å². The molecule has 2 aliphatic heterocycles. The summed E-state index contributed by atoms with van der Waals surface area (Å²) >= 11 is 1.72. The monoisotopic (exact) mass is 308 g/mol. The minimum absolute atomic E-state index is 0.0223. The van der Waals surface area contributed by atoms with Crippen LogP contribution in [-0.4, -0.2) is 30.1 Å². The van der Waals surface area contributed by atoms with Crippen LogP contribution in [0.1, 0.15) is 25.7 Å². The number of hydrogen-bond donors (Lipinski definition) is 2. The van der Waals surface area contributed by atoms with Gasteiger partial charge in [0.05, 0.1) is 29.8 Å². The van der Waals surface area contributed by atoms with Gasteiger partial charge in [0.1, 0.15) is 0 Å². The number of nitrogens with two attached hydrogens (primary N) is 1. The Labute approximate surface area is 128 Å². The molecule has 1 fully saturated rings. The fraction of sp³-hybridized carbons (Fsp3) is 0.533. The average molecular weight is 308 g/mol. The maximum atomic E-state index is 12.3. The van der Waals surface area contributed by atoms with Gasteiger partial charge in [-0.15, -0.1) is 11.8 Å². The molecule has 21 heavy (non-hydrogen) atoms. The molecule has 1 saturated heterocycles. The molecule has 2 heterocycles. The lowest BCUT2D eigenvalue weighted by Gasteiger charge is -2.21. The van der Waals surface area contributed by atoms with Gasteiger partial charge >= 0.3 is 0 Å². The van der Waals surface area contributed by atoms with Crippen molar-refractivity contribution in [1.29, 1.82) is 0 Å². The average Bonchev–Trinajstić information content (AvgIpc) is 2.73. The second-order valence-electron chi connectivity index (χ2n) is 5.28. The number of nitrogens with one attached hydrogen (secondary N) is 1. The van der Waals surface area contributed by atoms with Crippen LogP contribution in [0.2, 0.25) is 0 Å². The summed E-state index contributed by atoms with van der Waals surface area (Å²) in [7, 11) is 0. The first-order valence-electron chi connectivity index (χ1n) is 7.35. The maximum absolute atomic E-state index is 12.3. The minimum Gasteiger partial charge on any atom is -0.489 e. The lowest BCUT2D eigenvalue weighted by atomic mass is 10.1. The van der Waals surface area contributed by atoms with Gasteiger partial charge in [-0.1, -0.05) is 6.42 Å². The van der Waals surface area contributed by atoms with Gasteiger partial charge in [-0.3, -0.25) is 4.79 Å². The summed E-state index contributed by atoms with van der Waals surface area (Å²) in [6.07, 6.45) is 4.08. The normalized spacial score (nSPS) is 21.4. The molecule has 1 aromatic carbocycles. The topological polar surface area (TPSA) is 73.6 Å². The van der Waals surface area contributed by atoms with Crippen molar-refractivity contribution in [2.24, 2.45) is 0 Å². The van der Waals surface area contributed by atoms with E-state index in [-0.39, 0.29) is 11.2 Å². The molecule has 6 heteroatoms. The number of rotatable bonds is 2. The number of amides is 1. The Kier molecular flexibility index (Phi) is 4.43. The number of ether oxygens (including phenoxy) is 2. The van der Waals surface area contributed by atoms with Crippen LogP contribution in [0.15, 0.2) is 12.1 Å². The van der Waals surface area contributed by atoms with Crippen molar-refractivity contribution in [3.8, 4) is 11.5 Å². The Balaban J connectivity index is 1.75. The second kappa shape index (κ2) is 6.47. The smallest absolute Gasteiger partial charge is 0.237 e. The van der Waals surface area contributed by atoms with E-state index in [2.05, 4.69) is 5.32 Å². The summed E-state index contributed by atoms with van der Waals surface area (Å²) in [5.74, 6) is 2.37. The number of carbonyl (C=O) groups is 1. The molecule has 3 rings (SSSR count). The largest absolute Gasteiger partial charge is 0.489 e. The van der Waals surface area contributed by atoms with E-state index in [1.165, 1.54) is 6.42 Å². The van der Waals surface area contributed by atoms with Crippen molar-refractivity contribution in [3.05, 3.63) is 12.1 Å². The number of benzene rings is 1. The summed E-state index contributed by atoms with van der Waals surface area (Å²) in [6.45, 7) is 1.24. The van der Waals surface area contributed by atoms with Gasteiger partial charge in [-0.25, -0.2) is 0 Å². The zero-order chi connectivity index (χ0) is 14.7. The number of carbonyl (C=O) groups excluding carboxylic acids is 1. The first-order valence-corrected chi connectivity index (χ1v) is 8.40. The summed E-state index contributed by atoms with van der Waals surface area (Å²) in [6, 6.07) is 3.49. The third kappa shape index (κ3) is 3.37. The first kappa shape index (κ1) is 14.4. The Morgan fingerprint density at radius 2 is 1.95 bits per heavy atom. The highest BCUT2D eigenvalue weighted by Crippen LogP contribution is 2.37. The minimum atomic E-state index is 0.0223. The lowest BCUT2D eigenvalue weighted by molar-refractivity contribution is -0.115. The van der Waals surface area contributed by atoms with Crippen molar-refractivity contribution in [2.45, 2.75) is 30.9 Å². The van der Waals surface area contributed by atoms with Crippen molar-refractivity contribution in [1.82, 2.24) is 0 Å². The maximum Gasteiger partial charge on any atom is 0.237 e. The van der Waals surface area contributed by atoms with E-state index in [0.29, 0.717) is 36.1 Å². The molecule has 3 N–H and O–H groups in total. The molecule has 114 valence electrons. The zero-order valence-electron chi connectivity index (χ0n) is 11.9. The number of fused-ring (bicyclic) bond motifs is 1. The zero-order valence-corrected chi connectivity index (χ0v) is 12.7. The van der Waals surface area contributed by atoms with Crippen LogP contribution in [0.25, 0.3) is 0 Å². The van der Waals surface area contributed by atoms with Crippen LogP contribution in [0.5, 0.6) is 11.5 Å². The van der Waals surface area contributed by atoms with Crippen molar-refractivity contribution in [3.63, 3.8) is 0 Å². The number of nitrogen functional groups attached to an aromatic ring is 1. The Morgan fingerprint density at radius 3 is 2.67 bits per heavy atom. The molecular formula is C15H20N2O3S. The Hall–Kier alpha value is -1.56. The van der Waals surface area contributed by atoms with Gasteiger partial charge in [0.15, 0.2) is 11.5 Å². The van der Waals surface area contributed by atoms with Crippen LogP contribution in [0.4, 0.5) is 11.4 Å². The molecule has 1 aromatic rings. The molecule has 5 nitrogen and oxygen atoms in total.